The van der Waals surface area contributed by atoms with Gasteiger partial charge in [-0.3, -0.25) is 4.79 Å². The van der Waals surface area contributed by atoms with E-state index in [1.165, 1.54) is 0 Å². The second kappa shape index (κ2) is 5.94. The number of carbonyl (C=O) groups is 1. The van der Waals surface area contributed by atoms with Gasteiger partial charge in [-0.25, -0.2) is 0 Å². The second-order valence-electron chi connectivity index (χ2n) is 5.70. The quantitative estimate of drug-likeness (QED) is 0.864. The third-order valence-corrected chi connectivity index (χ3v) is 3.25. The molecule has 0 aliphatic rings. The van der Waals surface area contributed by atoms with Crippen LogP contribution in [0.3, 0.4) is 0 Å². The molecule has 0 aromatic heterocycles. The van der Waals surface area contributed by atoms with E-state index in [-0.39, 0.29) is 17.4 Å². The number of carbonyl (C=O) groups excluding carboxylic acids is 1. The average molecular weight is 288 g/mol. The van der Waals surface area contributed by atoms with Crippen molar-refractivity contribution in [1.82, 2.24) is 5.32 Å². The topological polar surface area (TPSA) is 29.1 Å². The molecule has 0 saturated heterocycles. The van der Waals surface area contributed by atoms with Gasteiger partial charge >= 0.3 is 0 Å². The van der Waals surface area contributed by atoms with Crippen molar-refractivity contribution in [2.75, 3.05) is 0 Å². The highest BCUT2D eigenvalue weighted by atomic mass is 35.5. The molecule has 0 fully saturated rings. The van der Waals surface area contributed by atoms with Crippen molar-refractivity contribution in [1.29, 1.82) is 0 Å². The zero-order valence-electron chi connectivity index (χ0n) is 11.2. The summed E-state index contributed by atoms with van der Waals surface area (Å²) in [6.45, 7) is 8.04. The Morgan fingerprint density at radius 2 is 1.89 bits per heavy atom. The predicted octanol–water partition coefficient (Wildman–Crippen LogP) is 4.61. The van der Waals surface area contributed by atoms with Crippen molar-refractivity contribution in [2.45, 2.75) is 40.2 Å². The first kappa shape index (κ1) is 15.3. The number of amides is 1. The summed E-state index contributed by atoms with van der Waals surface area (Å²) in [4.78, 5) is 11.8. The van der Waals surface area contributed by atoms with Gasteiger partial charge < -0.3 is 5.32 Å². The minimum atomic E-state index is -0.0744. The van der Waals surface area contributed by atoms with Crippen LogP contribution in [0.15, 0.2) is 18.2 Å². The molecule has 0 spiro atoms. The molecule has 0 aliphatic heterocycles. The van der Waals surface area contributed by atoms with Gasteiger partial charge in [0.25, 0.3) is 0 Å². The van der Waals surface area contributed by atoms with Crippen LogP contribution in [0.4, 0.5) is 0 Å². The first-order valence-electron chi connectivity index (χ1n) is 5.93. The van der Waals surface area contributed by atoms with Crippen LogP contribution >= 0.6 is 23.2 Å². The molecule has 1 atom stereocenters. The molecular weight excluding hydrogens is 269 g/mol. The predicted molar refractivity (Wildman–Crippen MR) is 77.1 cm³/mol. The zero-order valence-corrected chi connectivity index (χ0v) is 12.7. The van der Waals surface area contributed by atoms with E-state index in [2.05, 4.69) is 5.32 Å². The van der Waals surface area contributed by atoms with E-state index in [1.807, 2.05) is 33.8 Å². The molecule has 1 aromatic rings. The van der Waals surface area contributed by atoms with E-state index < -0.39 is 0 Å². The van der Waals surface area contributed by atoms with E-state index in [0.29, 0.717) is 16.5 Å². The van der Waals surface area contributed by atoms with Gasteiger partial charge in [0.05, 0.1) is 16.1 Å². The van der Waals surface area contributed by atoms with Crippen molar-refractivity contribution in [3.05, 3.63) is 33.8 Å². The highest BCUT2D eigenvalue weighted by molar-refractivity contribution is 6.42. The minimum absolute atomic E-state index is 0.0125. The zero-order chi connectivity index (χ0) is 13.9. The molecule has 0 heterocycles. The summed E-state index contributed by atoms with van der Waals surface area (Å²) < 4.78 is 0. The minimum Gasteiger partial charge on any atom is -0.350 e. The maximum Gasteiger partial charge on any atom is 0.220 e. The van der Waals surface area contributed by atoms with Crippen molar-refractivity contribution in [3.8, 4) is 0 Å². The molecule has 0 radical (unpaired) electrons. The fourth-order valence-corrected chi connectivity index (χ4v) is 1.95. The van der Waals surface area contributed by atoms with E-state index in [0.717, 1.165) is 5.56 Å². The summed E-state index contributed by atoms with van der Waals surface area (Å²) in [5.41, 5.74) is 0.938. The molecule has 0 bridgehead atoms. The second-order valence-corrected chi connectivity index (χ2v) is 6.51. The Labute approximate surface area is 119 Å². The van der Waals surface area contributed by atoms with Crippen molar-refractivity contribution in [3.63, 3.8) is 0 Å². The first-order valence-corrected chi connectivity index (χ1v) is 6.69. The summed E-state index contributed by atoms with van der Waals surface area (Å²) in [7, 11) is 0. The van der Waals surface area contributed by atoms with Gasteiger partial charge in [0.1, 0.15) is 0 Å². The maximum atomic E-state index is 11.8. The van der Waals surface area contributed by atoms with Gasteiger partial charge in [-0.15, -0.1) is 0 Å². The summed E-state index contributed by atoms with van der Waals surface area (Å²) in [5.74, 6) is 0.0427. The molecule has 4 heteroatoms. The Bertz CT molecular complexity index is 438. The number of hydrogen-bond donors (Lipinski definition) is 1. The Morgan fingerprint density at radius 3 is 2.39 bits per heavy atom. The van der Waals surface area contributed by atoms with E-state index in [1.54, 1.807) is 12.1 Å². The van der Waals surface area contributed by atoms with Gasteiger partial charge in [0.15, 0.2) is 0 Å². The number of hydrogen-bond acceptors (Lipinski definition) is 1. The number of rotatable bonds is 3. The molecule has 0 aliphatic carbocycles. The Hall–Kier alpha value is -0.730. The van der Waals surface area contributed by atoms with E-state index in [9.17, 15) is 4.79 Å². The normalized spacial score (nSPS) is 13.2. The molecule has 0 saturated carbocycles. The summed E-state index contributed by atoms with van der Waals surface area (Å²) in [6, 6.07) is 5.32. The van der Waals surface area contributed by atoms with Gasteiger partial charge in [0, 0.05) is 6.42 Å². The lowest BCUT2D eigenvalue weighted by Gasteiger charge is -2.20. The summed E-state index contributed by atoms with van der Waals surface area (Å²) in [5, 5.41) is 3.99. The van der Waals surface area contributed by atoms with Gasteiger partial charge in [-0.05, 0) is 30.0 Å². The average Bonchev–Trinajstić information content (AvgIpc) is 2.18. The monoisotopic (exact) mass is 287 g/mol. The molecule has 1 aromatic carbocycles. The molecule has 1 amide bonds. The lowest BCUT2D eigenvalue weighted by atomic mass is 9.91. The van der Waals surface area contributed by atoms with Crippen LogP contribution in [0.5, 0.6) is 0 Å². The Morgan fingerprint density at radius 1 is 1.28 bits per heavy atom. The number of benzene rings is 1. The first-order chi connectivity index (χ1) is 8.19. The van der Waals surface area contributed by atoms with E-state index in [4.69, 9.17) is 23.2 Å². The van der Waals surface area contributed by atoms with Gasteiger partial charge in [-0.2, -0.15) is 0 Å². The molecule has 18 heavy (non-hydrogen) atoms. The summed E-state index contributed by atoms with van der Waals surface area (Å²) >= 11 is 11.8. The third-order valence-electron chi connectivity index (χ3n) is 2.51. The molecule has 1 rings (SSSR count). The Balaban J connectivity index is 2.68. The van der Waals surface area contributed by atoms with Crippen LogP contribution in [-0.2, 0) is 4.79 Å². The maximum absolute atomic E-state index is 11.8. The fourth-order valence-electron chi connectivity index (χ4n) is 1.64. The lowest BCUT2D eigenvalue weighted by molar-refractivity contribution is -0.123. The molecule has 1 unspecified atom stereocenters. The van der Waals surface area contributed by atoms with Crippen LogP contribution in [0, 0.1) is 5.41 Å². The molecular formula is C14H19Cl2NO. The highest BCUT2D eigenvalue weighted by Gasteiger charge is 2.18. The Kier molecular flexibility index (Phi) is 5.06. The van der Waals surface area contributed by atoms with Crippen molar-refractivity contribution >= 4 is 29.1 Å². The van der Waals surface area contributed by atoms with Crippen molar-refractivity contribution < 1.29 is 4.79 Å². The summed E-state index contributed by atoms with van der Waals surface area (Å²) in [6.07, 6.45) is 0.499. The SMILES string of the molecule is CC(NC(=O)CC(C)(C)C)c1ccc(Cl)c(Cl)c1. The number of nitrogens with one attached hydrogen (secondary N) is 1. The van der Waals surface area contributed by atoms with Crippen molar-refractivity contribution in [2.24, 2.45) is 5.41 Å². The molecule has 1 N–H and O–H groups in total. The smallest absolute Gasteiger partial charge is 0.220 e. The molecule has 100 valence electrons. The highest BCUT2D eigenvalue weighted by Crippen LogP contribution is 2.26. The largest absolute Gasteiger partial charge is 0.350 e. The lowest BCUT2D eigenvalue weighted by Crippen LogP contribution is -2.29. The van der Waals surface area contributed by atoms with Crippen LogP contribution in [0.1, 0.15) is 45.7 Å². The van der Waals surface area contributed by atoms with Gasteiger partial charge in [0.2, 0.25) is 5.91 Å². The van der Waals surface area contributed by atoms with Crippen LogP contribution in [0.2, 0.25) is 10.0 Å². The van der Waals surface area contributed by atoms with Gasteiger partial charge in [-0.1, -0.05) is 50.0 Å². The third kappa shape index (κ3) is 4.87. The molecule has 2 nitrogen and oxygen atoms in total. The van der Waals surface area contributed by atoms with E-state index >= 15 is 0 Å². The van der Waals surface area contributed by atoms with Crippen LogP contribution in [0.25, 0.3) is 0 Å². The van der Waals surface area contributed by atoms with Crippen LogP contribution < -0.4 is 5.32 Å². The van der Waals surface area contributed by atoms with Crippen LogP contribution in [-0.4, -0.2) is 5.91 Å². The number of halogens is 2. The fraction of sp³-hybridized carbons (Fsp3) is 0.500. The standard InChI is InChI=1S/C14H19Cl2NO/c1-9(17-13(18)8-14(2,3)4)10-5-6-11(15)12(16)7-10/h5-7,9H,8H2,1-4H3,(H,17,18).